The first-order chi connectivity index (χ1) is 11.5. The SMILES string of the molecule is CN1C(=O)C2(CCCCC2)c2c(F)cc(OS(=O)(=O)C(F)(F)F)cc21. The van der Waals surface area contributed by atoms with E-state index in [0.29, 0.717) is 18.9 Å². The Balaban J connectivity index is 2.08. The number of halogens is 4. The van der Waals surface area contributed by atoms with Crippen LogP contribution in [0.3, 0.4) is 0 Å². The Morgan fingerprint density at radius 1 is 1.16 bits per heavy atom. The van der Waals surface area contributed by atoms with Crippen LogP contribution in [0.5, 0.6) is 5.75 Å². The number of hydrogen-bond acceptors (Lipinski definition) is 4. The van der Waals surface area contributed by atoms with Gasteiger partial charge in [0.2, 0.25) is 5.91 Å². The summed E-state index contributed by atoms with van der Waals surface area (Å²) in [4.78, 5) is 13.8. The van der Waals surface area contributed by atoms with Gasteiger partial charge >= 0.3 is 15.6 Å². The predicted octanol–water partition coefficient (Wildman–Crippen LogP) is 3.23. The topological polar surface area (TPSA) is 63.7 Å². The second kappa shape index (κ2) is 5.58. The molecule has 3 rings (SSSR count). The number of rotatable bonds is 2. The molecule has 2 aliphatic rings. The van der Waals surface area contributed by atoms with Crippen LogP contribution in [0.25, 0.3) is 0 Å². The second-order valence-corrected chi connectivity index (χ2v) is 7.83. The Bertz CT molecular complexity index is 829. The molecular formula is C15H15F4NO4S. The summed E-state index contributed by atoms with van der Waals surface area (Å²) in [5.74, 6) is -2.09. The van der Waals surface area contributed by atoms with Gasteiger partial charge in [-0.05, 0) is 12.8 Å². The van der Waals surface area contributed by atoms with Crippen molar-refractivity contribution in [1.29, 1.82) is 0 Å². The quantitative estimate of drug-likeness (QED) is 0.448. The van der Waals surface area contributed by atoms with Crippen molar-refractivity contribution in [2.45, 2.75) is 43.0 Å². The second-order valence-electron chi connectivity index (χ2n) is 6.29. The number of benzene rings is 1. The summed E-state index contributed by atoms with van der Waals surface area (Å²) in [7, 11) is -4.54. The van der Waals surface area contributed by atoms with Gasteiger partial charge < -0.3 is 9.08 Å². The lowest BCUT2D eigenvalue weighted by atomic mass is 9.70. The van der Waals surface area contributed by atoms with Crippen molar-refractivity contribution in [3.63, 3.8) is 0 Å². The average Bonchev–Trinajstić information content (AvgIpc) is 2.69. The first-order valence-electron chi connectivity index (χ1n) is 7.62. The molecule has 138 valence electrons. The Kier molecular flexibility index (Phi) is 4.01. The van der Waals surface area contributed by atoms with Gasteiger partial charge in [-0.3, -0.25) is 4.79 Å². The minimum Gasteiger partial charge on any atom is -0.376 e. The van der Waals surface area contributed by atoms with Crippen molar-refractivity contribution in [2.75, 3.05) is 11.9 Å². The first kappa shape index (κ1) is 18.0. The minimum absolute atomic E-state index is 0.0410. The van der Waals surface area contributed by atoms with E-state index in [2.05, 4.69) is 4.18 Å². The van der Waals surface area contributed by atoms with Crippen LogP contribution in [-0.2, 0) is 20.3 Å². The zero-order valence-corrected chi connectivity index (χ0v) is 14.0. The number of hydrogen-bond donors (Lipinski definition) is 0. The predicted molar refractivity (Wildman–Crippen MR) is 80.2 cm³/mol. The van der Waals surface area contributed by atoms with Crippen LogP contribution in [0.4, 0.5) is 23.2 Å². The Morgan fingerprint density at radius 2 is 1.76 bits per heavy atom. The van der Waals surface area contributed by atoms with E-state index in [-0.39, 0.29) is 17.2 Å². The van der Waals surface area contributed by atoms with E-state index in [0.717, 1.165) is 30.2 Å². The van der Waals surface area contributed by atoms with Crippen LogP contribution in [-0.4, -0.2) is 26.9 Å². The van der Waals surface area contributed by atoms with Gasteiger partial charge in [0, 0.05) is 24.7 Å². The zero-order chi connectivity index (χ0) is 18.6. The Hall–Kier alpha value is -1.84. The minimum atomic E-state index is -5.92. The molecule has 5 nitrogen and oxygen atoms in total. The molecule has 1 aromatic carbocycles. The van der Waals surface area contributed by atoms with Gasteiger partial charge in [-0.2, -0.15) is 21.6 Å². The van der Waals surface area contributed by atoms with Crippen LogP contribution in [0.15, 0.2) is 12.1 Å². The van der Waals surface area contributed by atoms with Crippen LogP contribution in [0.1, 0.15) is 37.7 Å². The van der Waals surface area contributed by atoms with Gasteiger partial charge in [0.1, 0.15) is 11.6 Å². The third-order valence-electron chi connectivity index (χ3n) is 4.79. The summed E-state index contributed by atoms with van der Waals surface area (Å²) in [6.45, 7) is 0. The number of alkyl halides is 3. The molecule has 0 aromatic heterocycles. The lowest BCUT2D eigenvalue weighted by Crippen LogP contribution is -2.40. The summed E-state index contributed by atoms with van der Waals surface area (Å²) in [6, 6.07) is 1.55. The number of amides is 1. The van der Waals surface area contributed by atoms with Crippen molar-refractivity contribution in [2.24, 2.45) is 0 Å². The average molecular weight is 381 g/mol. The maximum absolute atomic E-state index is 14.7. The van der Waals surface area contributed by atoms with Crippen LogP contribution >= 0.6 is 0 Å². The van der Waals surface area contributed by atoms with E-state index in [1.807, 2.05) is 0 Å². The van der Waals surface area contributed by atoms with Crippen molar-refractivity contribution < 1.29 is 35.0 Å². The van der Waals surface area contributed by atoms with Gasteiger partial charge in [0.05, 0.1) is 11.1 Å². The summed E-state index contributed by atoms with van der Waals surface area (Å²) in [5, 5.41) is 0. The number of fused-ring (bicyclic) bond motifs is 2. The van der Waals surface area contributed by atoms with Crippen LogP contribution in [0.2, 0.25) is 0 Å². The lowest BCUT2D eigenvalue weighted by Gasteiger charge is -2.32. The molecule has 1 heterocycles. The first-order valence-corrected chi connectivity index (χ1v) is 9.03. The monoisotopic (exact) mass is 381 g/mol. The molecule has 0 saturated heterocycles. The molecule has 1 aliphatic heterocycles. The molecule has 0 N–H and O–H groups in total. The van der Waals surface area contributed by atoms with Gasteiger partial charge in [0.25, 0.3) is 0 Å². The van der Waals surface area contributed by atoms with Crippen LogP contribution < -0.4 is 9.08 Å². The van der Waals surface area contributed by atoms with E-state index >= 15 is 0 Å². The fourth-order valence-electron chi connectivity index (χ4n) is 3.68. The highest BCUT2D eigenvalue weighted by Crippen LogP contribution is 2.51. The largest absolute Gasteiger partial charge is 0.534 e. The van der Waals surface area contributed by atoms with Crippen LogP contribution in [0, 0.1) is 5.82 Å². The standard InChI is InChI=1S/C15H15F4NO4S/c1-20-11-8-9(24-25(22,23)15(17,18)19)7-10(16)12(11)14(13(20)21)5-3-2-4-6-14/h7-8H,2-6H2,1H3. The van der Waals surface area contributed by atoms with Gasteiger partial charge in [-0.25, -0.2) is 4.39 Å². The fourth-order valence-corrected chi connectivity index (χ4v) is 4.13. The lowest BCUT2D eigenvalue weighted by molar-refractivity contribution is -0.124. The molecule has 1 spiro atoms. The van der Waals surface area contributed by atoms with Crippen molar-refractivity contribution in [3.05, 3.63) is 23.5 Å². The molecule has 1 fully saturated rings. The Morgan fingerprint density at radius 3 is 2.32 bits per heavy atom. The number of carbonyl (C=O) groups is 1. The van der Waals surface area contributed by atoms with E-state index in [1.165, 1.54) is 7.05 Å². The van der Waals surface area contributed by atoms with Crippen molar-refractivity contribution >= 4 is 21.7 Å². The van der Waals surface area contributed by atoms with Gasteiger partial charge in [-0.15, -0.1) is 0 Å². The van der Waals surface area contributed by atoms with Gasteiger partial charge in [0.15, 0.2) is 0 Å². The summed E-state index contributed by atoms with van der Waals surface area (Å²) >= 11 is 0. The molecule has 1 aliphatic carbocycles. The molecular weight excluding hydrogens is 366 g/mol. The van der Waals surface area contributed by atoms with E-state index in [1.54, 1.807) is 0 Å². The molecule has 10 heteroatoms. The summed E-state index contributed by atoms with van der Waals surface area (Å²) in [6.07, 6.45) is 3.28. The number of anilines is 1. The van der Waals surface area contributed by atoms with E-state index in [9.17, 15) is 30.8 Å². The molecule has 0 bridgehead atoms. The molecule has 25 heavy (non-hydrogen) atoms. The van der Waals surface area contributed by atoms with E-state index < -0.39 is 32.6 Å². The van der Waals surface area contributed by atoms with Crippen molar-refractivity contribution in [3.8, 4) is 5.75 Å². The third kappa shape index (κ3) is 2.66. The third-order valence-corrected chi connectivity index (χ3v) is 5.77. The number of likely N-dealkylation sites (N-methyl/N-ethyl adjacent to an activating group) is 1. The molecule has 1 aromatic rings. The molecule has 0 unspecified atom stereocenters. The maximum Gasteiger partial charge on any atom is 0.534 e. The highest BCUT2D eigenvalue weighted by Gasteiger charge is 2.53. The number of carbonyl (C=O) groups excluding carboxylic acids is 1. The van der Waals surface area contributed by atoms with E-state index in [4.69, 9.17) is 0 Å². The highest BCUT2D eigenvalue weighted by atomic mass is 32.2. The summed E-state index contributed by atoms with van der Waals surface area (Å²) < 4.78 is 78.3. The maximum atomic E-state index is 14.7. The van der Waals surface area contributed by atoms with Crippen molar-refractivity contribution in [1.82, 2.24) is 0 Å². The highest BCUT2D eigenvalue weighted by molar-refractivity contribution is 7.88. The van der Waals surface area contributed by atoms with Gasteiger partial charge in [-0.1, -0.05) is 19.3 Å². The summed E-state index contributed by atoms with van der Waals surface area (Å²) in [5.41, 5.74) is -6.52. The molecule has 1 amide bonds. The fraction of sp³-hybridized carbons (Fsp3) is 0.533. The molecule has 1 saturated carbocycles. The normalized spacial score (nSPS) is 20.0. The zero-order valence-electron chi connectivity index (χ0n) is 13.2. The molecule has 0 atom stereocenters. The Labute approximate surface area is 141 Å². The smallest absolute Gasteiger partial charge is 0.376 e. The molecule has 0 radical (unpaired) electrons. The number of nitrogens with zero attached hydrogens (tertiary/aromatic N) is 1.